The van der Waals surface area contributed by atoms with Crippen molar-refractivity contribution in [3.8, 4) is 0 Å². The highest BCUT2D eigenvalue weighted by atomic mass is 16.5. The Kier molecular flexibility index (Phi) is 4.75. The van der Waals surface area contributed by atoms with E-state index in [2.05, 4.69) is 17.0 Å². The van der Waals surface area contributed by atoms with Gasteiger partial charge in [0.1, 0.15) is 0 Å². The van der Waals surface area contributed by atoms with E-state index in [9.17, 15) is 0 Å². The lowest BCUT2D eigenvalue weighted by atomic mass is 10.3. The minimum Gasteiger partial charge on any atom is -0.483 e. The van der Waals surface area contributed by atoms with E-state index in [4.69, 9.17) is 4.74 Å². The molecule has 0 N–H and O–H groups in total. The second-order valence-corrected chi connectivity index (χ2v) is 2.98. The molecule has 4 nitrogen and oxygen atoms in total. The minimum atomic E-state index is 0.639. The zero-order chi connectivity index (χ0) is 10.2. The number of unbranched alkanes of at least 4 members (excludes halogenated alkanes) is 1. The highest BCUT2D eigenvalue weighted by Crippen LogP contribution is 2.06. The topological polar surface area (TPSA) is 39.4 Å². The zero-order valence-electron chi connectivity index (χ0n) is 8.81. The maximum absolute atomic E-state index is 4.99. The number of hydrogen-bond donors (Lipinski definition) is 0. The molecule has 1 rings (SSSR count). The number of rotatable bonds is 6. The zero-order valence-corrected chi connectivity index (χ0v) is 8.81. The van der Waals surface area contributed by atoms with Crippen LogP contribution in [0.4, 0.5) is 5.82 Å². The van der Waals surface area contributed by atoms with Gasteiger partial charge in [0.15, 0.2) is 12.2 Å². The number of aliphatic imine (C=N–C) groups is 1. The lowest BCUT2D eigenvalue weighted by molar-refractivity contribution is 0.344. The van der Waals surface area contributed by atoms with Crippen LogP contribution in [-0.4, -0.2) is 22.8 Å². The predicted octanol–water partition coefficient (Wildman–Crippen LogP) is 2.38. The van der Waals surface area contributed by atoms with Gasteiger partial charge in [-0.1, -0.05) is 13.3 Å². The highest BCUT2D eigenvalue weighted by Gasteiger charge is 1.94. The van der Waals surface area contributed by atoms with Gasteiger partial charge in [0.25, 0.3) is 0 Å². The Hall–Kier alpha value is -1.32. The Morgan fingerprint density at radius 3 is 3.14 bits per heavy atom. The number of hydrogen-bond acceptors (Lipinski definition) is 3. The summed E-state index contributed by atoms with van der Waals surface area (Å²) in [6.07, 6.45) is 5.70. The molecule has 14 heavy (non-hydrogen) atoms. The fourth-order valence-corrected chi connectivity index (χ4v) is 1.03. The molecule has 0 atom stereocenters. The van der Waals surface area contributed by atoms with Gasteiger partial charge in [-0.2, -0.15) is 10.1 Å². The van der Waals surface area contributed by atoms with Crippen molar-refractivity contribution < 1.29 is 4.74 Å². The number of aryl methyl sites for hydroxylation is 1. The first-order valence-corrected chi connectivity index (χ1v) is 5.04. The molecular formula is C10H17N3O. The van der Waals surface area contributed by atoms with Gasteiger partial charge in [-0.05, 0) is 13.3 Å². The van der Waals surface area contributed by atoms with Crippen molar-refractivity contribution in [3.05, 3.63) is 12.3 Å². The summed E-state index contributed by atoms with van der Waals surface area (Å²) in [4.78, 5) is 4.05. The summed E-state index contributed by atoms with van der Waals surface area (Å²) >= 11 is 0. The molecule has 0 bridgehead atoms. The molecule has 0 fully saturated rings. The van der Waals surface area contributed by atoms with E-state index < -0.39 is 0 Å². The maximum atomic E-state index is 4.99. The second-order valence-electron chi connectivity index (χ2n) is 2.98. The van der Waals surface area contributed by atoms with Crippen molar-refractivity contribution in [2.24, 2.45) is 4.99 Å². The monoisotopic (exact) mass is 195 g/mol. The van der Waals surface area contributed by atoms with E-state index in [1.54, 1.807) is 0 Å². The molecule has 1 aromatic rings. The van der Waals surface area contributed by atoms with Crippen LogP contribution < -0.4 is 0 Å². The van der Waals surface area contributed by atoms with Crippen LogP contribution >= 0.6 is 0 Å². The summed E-state index contributed by atoms with van der Waals surface area (Å²) < 4.78 is 6.89. The first-order chi connectivity index (χ1) is 6.86. The highest BCUT2D eigenvalue weighted by molar-refractivity contribution is 5.52. The van der Waals surface area contributed by atoms with Crippen LogP contribution in [0.3, 0.4) is 0 Å². The van der Waals surface area contributed by atoms with Gasteiger partial charge in [0.05, 0.1) is 6.61 Å². The van der Waals surface area contributed by atoms with Crippen LogP contribution in [0.2, 0.25) is 0 Å². The summed E-state index contributed by atoms with van der Waals surface area (Å²) in [6, 6.07) is 1.88. The lowest BCUT2D eigenvalue weighted by Crippen LogP contribution is -1.97. The van der Waals surface area contributed by atoms with Gasteiger partial charge in [-0.3, -0.25) is 4.68 Å². The van der Waals surface area contributed by atoms with Gasteiger partial charge in [-0.25, -0.2) is 0 Å². The first kappa shape index (κ1) is 10.8. The van der Waals surface area contributed by atoms with Gasteiger partial charge < -0.3 is 4.74 Å². The molecule has 0 aromatic carbocycles. The molecule has 0 amide bonds. The molecule has 78 valence electrons. The molecular weight excluding hydrogens is 178 g/mol. The lowest BCUT2D eigenvalue weighted by Gasteiger charge is -1.96. The SMILES string of the molecule is CCCCn1ccc(N=COCC)n1. The average Bonchev–Trinajstić information content (AvgIpc) is 2.63. The smallest absolute Gasteiger partial charge is 0.176 e. The van der Waals surface area contributed by atoms with Gasteiger partial charge in [0, 0.05) is 18.8 Å². The average molecular weight is 195 g/mol. The molecule has 0 aliphatic heterocycles. The van der Waals surface area contributed by atoms with E-state index in [0.717, 1.165) is 13.0 Å². The third-order valence-electron chi connectivity index (χ3n) is 1.79. The maximum Gasteiger partial charge on any atom is 0.176 e. The van der Waals surface area contributed by atoms with Crippen molar-refractivity contribution in [1.29, 1.82) is 0 Å². The van der Waals surface area contributed by atoms with Crippen molar-refractivity contribution in [2.45, 2.75) is 33.2 Å². The fraction of sp³-hybridized carbons (Fsp3) is 0.600. The Morgan fingerprint density at radius 1 is 1.57 bits per heavy atom. The van der Waals surface area contributed by atoms with E-state index in [1.807, 2.05) is 23.9 Å². The van der Waals surface area contributed by atoms with Crippen molar-refractivity contribution >= 4 is 12.2 Å². The molecule has 0 spiro atoms. The summed E-state index contributed by atoms with van der Waals surface area (Å²) in [7, 11) is 0. The summed E-state index contributed by atoms with van der Waals surface area (Å²) in [5.41, 5.74) is 0. The quantitative estimate of drug-likeness (QED) is 0.516. The summed E-state index contributed by atoms with van der Waals surface area (Å²) in [5, 5.41) is 4.26. The Labute approximate surface area is 84.6 Å². The Morgan fingerprint density at radius 2 is 2.43 bits per heavy atom. The van der Waals surface area contributed by atoms with Gasteiger partial charge in [0.2, 0.25) is 0 Å². The van der Waals surface area contributed by atoms with E-state index in [-0.39, 0.29) is 0 Å². The summed E-state index contributed by atoms with van der Waals surface area (Å²) in [6.45, 7) is 5.68. The van der Waals surface area contributed by atoms with Crippen molar-refractivity contribution in [1.82, 2.24) is 9.78 Å². The van der Waals surface area contributed by atoms with E-state index >= 15 is 0 Å². The van der Waals surface area contributed by atoms with E-state index in [0.29, 0.717) is 12.4 Å². The van der Waals surface area contributed by atoms with Crippen LogP contribution in [0, 0.1) is 0 Å². The van der Waals surface area contributed by atoms with Crippen LogP contribution in [0.1, 0.15) is 26.7 Å². The molecule has 0 saturated heterocycles. The van der Waals surface area contributed by atoms with Crippen LogP contribution in [0.25, 0.3) is 0 Å². The fourth-order valence-electron chi connectivity index (χ4n) is 1.03. The van der Waals surface area contributed by atoms with Gasteiger partial charge >= 0.3 is 0 Å². The molecule has 4 heteroatoms. The number of nitrogens with zero attached hydrogens (tertiary/aromatic N) is 3. The van der Waals surface area contributed by atoms with Crippen LogP contribution in [0.5, 0.6) is 0 Å². The minimum absolute atomic E-state index is 0.639. The molecule has 0 aliphatic carbocycles. The molecule has 1 heterocycles. The van der Waals surface area contributed by atoms with E-state index in [1.165, 1.54) is 12.8 Å². The normalized spacial score (nSPS) is 11.0. The Balaban J connectivity index is 2.42. The van der Waals surface area contributed by atoms with Crippen molar-refractivity contribution in [2.75, 3.05) is 6.61 Å². The second kappa shape index (κ2) is 6.18. The molecule has 0 saturated carbocycles. The standard InChI is InChI=1S/C10H17N3O/c1-3-5-7-13-8-6-10(12-13)11-9-14-4-2/h6,8-9H,3-5,7H2,1-2H3. The van der Waals surface area contributed by atoms with Crippen molar-refractivity contribution in [3.63, 3.8) is 0 Å². The number of ether oxygens (including phenoxy) is 1. The largest absolute Gasteiger partial charge is 0.483 e. The third-order valence-corrected chi connectivity index (χ3v) is 1.79. The molecule has 1 aromatic heterocycles. The number of aromatic nitrogens is 2. The Bertz CT molecular complexity index is 281. The summed E-state index contributed by atoms with van der Waals surface area (Å²) in [5.74, 6) is 0.703. The van der Waals surface area contributed by atoms with Gasteiger partial charge in [-0.15, -0.1) is 0 Å². The molecule has 0 radical (unpaired) electrons. The molecule has 0 aliphatic rings. The van der Waals surface area contributed by atoms with Crippen LogP contribution in [-0.2, 0) is 11.3 Å². The van der Waals surface area contributed by atoms with Crippen LogP contribution in [0.15, 0.2) is 17.3 Å². The third kappa shape index (κ3) is 3.60. The first-order valence-electron chi connectivity index (χ1n) is 5.04. The molecule has 0 unspecified atom stereocenters. The predicted molar refractivity (Wildman–Crippen MR) is 56.9 cm³/mol.